The summed E-state index contributed by atoms with van der Waals surface area (Å²) in [5, 5.41) is 9.81. The number of benzene rings is 2. The quantitative estimate of drug-likeness (QED) is 0.415. The third-order valence-corrected chi connectivity index (χ3v) is 8.77. The molecule has 3 fully saturated rings. The molecule has 2 heterocycles. The van der Waals surface area contributed by atoms with E-state index in [1.807, 2.05) is 4.90 Å². The monoisotopic (exact) mass is 566 g/mol. The van der Waals surface area contributed by atoms with Crippen molar-refractivity contribution in [1.82, 2.24) is 9.80 Å². The van der Waals surface area contributed by atoms with E-state index in [0.717, 1.165) is 0 Å². The zero-order valence-electron chi connectivity index (χ0n) is 22.4. The molecule has 1 atom stereocenters. The average Bonchev–Trinajstić information content (AvgIpc) is 2.89. The van der Waals surface area contributed by atoms with E-state index in [0.29, 0.717) is 62.9 Å². The van der Waals surface area contributed by atoms with Gasteiger partial charge in [0.05, 0.1) is 23.7 Å². The molecule has 5 nitrogen and oxygen atoms in total. The molecule has 0 radical (unpaired) electrons. The zero-order chi connectivity index (χ0) is 28.5. The van der Waals surface area contributed by atoms with Gasteiger partial charge in [-0.05, 0) is 92.9 Å². The number of alkyl halides is 3. The van der Waals surface area contributed by atoms with Gasteiger partial charge < -0.3 is 19.6 Å². The van der Waals surface area contributed by atoms with Crippen LogP contribution in [0.25, 0.3) is 11.1 Å². The smallest absolute Gasteiger partial charge is 0.395 e. The van der Waals surface area contributed by atoms with Gasteiger partial charge >= 0.3 is 6.18 Å². The molecule has 0 bridgehead atoms. The summed E-state index contributed by atoms with van der Waals surface area (Å²) in [6.07, 6.45) is -1.11. The van der Waals surface area contributed by atoms with E-state index in [1.165, 1.54) is 29.2 Å². The highest BCUT2D eigenvalue weighted by Gasteiger charge is 2.58. The lowest BCUT2D eigenvalue weighted by atomic mass is 9.67. The summed E-state index contributed by atoms with van der Waals surface area (Å²) in [4.78, 5) is 16.0. The molecular weight excluding hydrogens is 531 g/mol. The first-order valence-corrected chi connectivity index (χ1v) is 14.0. The molecule has 218 valence electrons. The Labute approximate surface area is 230 Å². The first-order valence-electron chi connectivity index (χ1n) is 14.0. The fourth-order valence-electron chi connectivity index (χ4n) is 6.06. The van der Waals surface area contributed by atoms with Gasteiger partial charge in [0.1, 0.15) is 5.82 Å². The summed E-state index contributed by atoms with van der Waals surface area (Å²) in [6.45, 7) is 2.08. The van der Waals surface area contributed by atoms with Gasteiger partial charge in [-0.15, -0.1) is 0 Å². The van der Waals surface area contributed by atoms with E-state index >= 15 is 0 Å². The number of hydrogen-bond acceptors (Lipinski definition) is 4. The third kappa shape index (κ3) is 6.12. The number of ether oxygens (including phenoxy) is 1. The zero-order valence-corrected chi connectivity index (χ0v) is 22.4. The molecule has 1 amide bonds. The maximum absolute atomic E-state index is 14.9. The van der Waals surface area contributed by atoms with E-state index < -0.39 is 35.2 Å². The lowest BCUT2D eigenvalue weighted by Gasteiger charge is -2.47. The predicted octanol–water partition coefficient (Wildman–Crippen LogP) is 6.05. The lowest BCUT2D eigenvalue weighted by molar-refractivity contribution is -0.256. The van der Waals surface area contributed by atoms with Crippen molar-refractivity contribution in [2.75, 3.05) is 39.3 Å². The maximum atomic E-state index is 14.9. The van der Waals surface area contributed by atoms with E-state index in [1.54, 1.807) is 12.1 Å². The Kier molecular flexibility index (Phi) is 8.38. The van der Waals surface area contributed by atoms with Crippen molar-refractivity contribution in [3.05, 3.63) is 53.6 Å². The Hall–Kier alpha value is -2.72. The molecule has 3 aliphatic rings. The van der Waals surface area contributed by atoms with Crippen LogP contribution in [0.5, 0.6) is 5.75 Å². The molecule has 2 aromatic carbocycles. The second-order valence-corrected chi connectivity index (χ2v) is 11.5. The van der Waals surface area contributed by atoms with Crippen LogP contribution in [0.1, 0.15) is 55.3 Å². The highest BCUT2D eigenvalue weighted by Crippen LogP contribution is 2.53. The van der Waals surface area contributed by atoms with Crippen LogP contribution in [-0.4, -0.2) is 72.4 Å². The number of aliphatic hydroxyl groups is 1. The SMILES string of the molecule is O=C(c1ccc(-c2ccc(OCC3CCN(CC4(C(F)(F)F)CCC4)CC3)c(F)c2)cc1F)N1CCC[C@H](O)C1. The third-order valence-electron chi connectivity index (χ3n) is 8.77. The van der Waals surface area contributed by atoms with Gasteiger partial charge in [-0.25, -0.2) is 8.78 Å². The van der Waals surface area contributed by atoms with E-state index in [-0.39, 0.29) is 49.8 Å². The standard InChI is InChI=1S/C30H35F5N2O3/c31-25-15-21(4-6-24(25)28(39)37-12-1-3-23(38)17-37)22-5-7-27(26(32)16-22)40-18-20-8-13-36(14-9-20)19-29(10-2-11-29)30(33,34)35/h4-7,15-16,20,23,38H,1-3,8-14,17-19H2/t23-/m0/s1. The Morgan fingerprint density at radius 1 is 0.950 bits per heavy atom. The molecule has 2 saturated heterocycles. The molecule has 1 saturated carbocycles. The Bertz CT molecular complexity index is 1210. The molecule has 0 aromatic heterocycles. The molecule has 1 aliphatic carbocycles. The van der Waals surface area contributed by atoms with Crippen LogP contribution in [0.2, 0.25) is 0 Å². The van der Waals surface area contributed by atoms with Crippen molar-refractivity contribution in [2.45, 2.75) is 57.2 Å². The van der Waals surface area contributed by atoms with Gasteiger partial charge in [-0.1, -0.05) is 18.6 Å². The summed E-state index contributed by atoms with van der Waals surface area (Å²) in [5.74, 6) is -1.61. The van der Waals surface area contributed by atoms with E-state index in [9.17, 15) is 31.9 Å². The minimum atomic E-state index is -4.17. The Morgan fingerprint density at radius 2 is 1.62 bits per heavy atom. The number of carbonyl (C=O) groups is 1. The fraction of sp³-hybridized carbons (Fsp3) is 0.567. The number of β-amino-alcohol motifs (C(OH)–C–C–N with tert-alkyl or cyclic N) is 1. The number of hydrogen-bond donors (Lipinski definition) is 1. The molecular formula is C30H35F5N2O3. The van der Waals surface area contributed by atoms with Crippen molar-refractivity contribution < 1.29 is 36.6 Å². The molecule has 10 heteroatoms. The number of piperidine rings is 2. The van der Waals surface area contributed by atoms with Gasteiger partial charge in [-0.3, -0.25) is 4.79 Å². The first-order chi connectivity index (χ1) is 19.0. The Balaban J connectivity index is 1.14. The van der Waals surface area contributed by atoms with Crippen LogP contribution in [0.3, 0.4) is 0 Å². The maximum Gasteiger partial charge on any atom is 0.395 e. The number of carbonyl (C=O) groups excluding carboxylic acids is 1. The van der Waals surface area contributed by atoms with Crippen LogP contribution in [0, 0.1) is 23.0 Å². The summed E-state index contributed by atoms with van der Waals surface area (Å²) in [7, 11) is 0. The van der Waals surface area contributed by atoms with Crippen molar-refractivity contribution >= 4 is 5.91 Å². The van der Waals surface area contributed by atoms with Crippen LogP contribution in [0.4, 0.5) is 22.0 Å². The van der Waals surface area contributed by atoms with Crippen LogP contribution < -0.4 is 4.74 Å². The number of halogens is 5. The highest BCUT2D eigenvalue weighted by molar-refractivity contribution is 5.95. The molecule has 5 rings (SSSR count). The predicted molar refractivity (Wildman–Crippen MR) is 140 cm³/mol. The van der Waals surface area contributed by atoms with Crippen LogP contribution in [0.15, 0.2) is 36.4 Å². The number of nitrogens with zero attached hydrogens (tertiary/aromatic N) is 2. The molecule has 2 aliphatic heterocycles. The largest absolute Gasteiger partial charge is 0.490 e. The molecule has 0 spiro atoms. The van der Waals surface area contributed by atoms with Gasteiger partial charge in [0.15, 0.2) is 11.6 Å². The van der Waals surface area contributed by atoms with Crippen molar-refractivity contribution in [1.29, 1.82) is 0 Å². The second-order valence-electron chi connectivity index (χ2n) is 11.5. The molecule has 40 heavy (non-hydrogen) atoms. The van der Waals surface area contributed by atoms with Gasteiger partial charge in [-0.2, -0.15) is 13.2 Å². The number of aliphatic hydroxyl groups excluding tert-OH is 1. The number of amides is 1. The first kappa shape index (κ1) is 28.8. The average molecular weight is 567 g/mol. The minimum Gasteiger partial charge on any atom is -0.490 e. The normalized spacial score (nSPS) is 22.1. The molecule has 2 aromatic rings. The van der Waals surface area contributed by atoms with Crippen LogP contribution in [-0.2, 0) is 0 Å². The summed E-state index contributed by atoms with van der Waals surface area (Å²) in [5.41, 5.74) is -0.810. The molecule has 0 unspecified atom stereocenters. The van der Waals surface area contributed by atoms with Gasteiger partial charge in [0.25, 0.3) is 5.91 Å². The minimum absolute atomic E-state index is 0.0529. The van der Waals surface area contributed by atoms with Crippen LogP contribution >= 0.6 is 0 Å². The second kappa shape index (κ2) is 11.6. The molecule has 1 N–H and O–H groups in total. The Morgan fingerprint density at radius 3 is 2.20 bits per heavy atom. The van der Waals surface area contributed by atoms with E-state index in [4.69, 9.17) is 4.74 Å². The lowest BCUT2D eigenvalue weighted by Crippen LogP contribution is -2.53. The number of rotatable bonds is 7. The summed E-state index contributed by atoms with van der Waals surface area (Å²) < 4.78 is 75.9. The summed E-state index contributed by atoms with van der Waals surface area (Å²) in [6, 6.07) is 8.49. The summed E-state index contributed by atoms with van der Waals surface area (Å²) >= 11 is 0. The van der Waals surface area contributed by atoms with E-state index in [2.05, 4.69) is 0 Å². The highest BCUT2D eigenvalue weighted by atomic mass is 19.4. The topological polar surface area (TPSA) is 53.0 Å². The van der Waals surface area contributed by atoms with Crippen molar-refractivity contribution in [3.8, 4) is 16.9 Å². The van der Waals surface area contributed by atoms with Crippen molar-refractivity contribution in [3.63, 3.8) is 0 Å². The van der Waals surface area contributed by atoms with Gasteiger partial charge in [0, 0.05) is 19.6 Å². The fourth-order valence-corrected chi connectivity index (χ4v) is 6.06. The van der Waals surface area contributed by atoms with Gasteiger partial charge in [0.2, 0.25) is 0 Å². The van der Waals surface area contributed by atoms with Crippen molar-refractivity contribution in [2.24, 2.45) is 11.3 Å². The number of likely N-dealkylation sites (tertiary alicyclic amines) is 2.